The van der Waals surface area contributed by atoms with E-state index in [1.54, 1.807) is 26.0 Å². The van der Waals surface area contributed by atoms with E-state index in [4.69, 9.17) is 39.6 Å². The number of nitrogens with one attached hydrogen (secondary N) is 1. The maximum atomic E-state index is 14.7. The summed E-state index contributed by atoms with van der Waals surface area (Å²) in [7, 11) is 0. The van der Waals surface area contributed by atoms with E-state index in [1.807, 2.05) is 41.5 Å². The van der Waals surface area contributed by atoms with Gasteiger partial charge in [0.2, 0.25) is 11.7 Å². The summed E-state index contributed by atoms with van der Waals surface area (Å²) in [6.45, 7) is 21.7. The highest BCUT2D eigenvalue weighted by atomic mass is 16.8. The molecule has 13 heteroatoms. The monoisotopic (exact) mass is 860 g/mol. The van der Waals surface area contributed by atoms with Gasteiger partial charge in [0.05, 0.1) is 66.9 Å². The molecule has 0 unspecified atom stereocenters. The van der Waals surface area contributed by atoms with Crippen molar-refractivity contribution in [3.05, 3.63) is 12.2 Å². The first-order chi connectivity index (χ1) is 28.8. The third-order valence-electron chi connectivity index (χ3n) is 15.3. The minimum Gasteiger partial charge on any atom is -0.435 e. The average molecular weight is 860 g/mol. The van der Waals surface area contributed by atoms with Crippen LogP contribution in [0.4, 0.5) is 4.79 Å². The number of Topliss-reactive ketones (excluding diaryl/α,β-unsaturated/α-hetero) is 1. The molecule has 2 spiro atoms. The average Bonchev–Trinajstić information content (AvgIpc) is 3.58. The molecule has 3 N–H and O–H groups in total. The Bertz CT molecular complexity index is 1600. The molecular weight excluding hydrogens is 783 g/mol. The van der Waals surface area contributed by atoms with Crippen LogP contribution in [0, 0.1) is 53.8 Å². The van der Waals surface area contributed by atoms with Gasteiger partial charge in [0.15, 0.2) is 11.9 Å². The summed E-state index contributed by atoms with van der Waals surface area (Å²) in [5.74, 6) is -2.70. The quantitative estimate of drug-likeness (QED) is 0.0875. The van der Waals surface area contributed by atoms with Crippen LogP contribution in [0.5, 0.6) is 0 Å². The summed E-state index contributed by atoms with van der Waals surface area (Å²) < 4.78 is 45.4. The van der Waals surface area contributed by atoms with Crippen LogP contribution in [0.15, 0.2) is 12.2 Å². The molecule has 0 aromatic carbocycles. The Morgan fingerprint density at radius 1 is 0.934 bits per heavy atom. The van der Waals surface area contributed by atoms with Gasteiger partial charge in [-0.2, -0.15) is 0 Å². The lowest BCUT2D eigenvalue weighted by atomic mass is 9.72. The standard InChI is InChI=1S/C48H77NO12/c1-13-26-49-43(52)34(14-2)36-19-18-28(6)41(57-36)32(10)39(50)31(9)40(51)35(15-3)42-29(7)27-30(8)47(59-42)23-21-38(58-44(53)55-17-5)48(61-47)25-24-45(12,60-48)37-20-22-46(54,16-4)33(11)56-37/h1,21,23,28-39,41-42,50,54H,14-20,22,24-27H2,2-12H3,(H,49,52)/t28-,29-,30+,31-,32-,33-,34+,35-,36+,37+,38-,39+,41+,42-,45-,46+,47-,48-/m0/s1. The van der Waals surface area contributed by atoms with Crippen molar-refractivity contribution in [3.63, 3.8) is 0 Å². The van der Waals surface area contributed by atoms with Crippen molar-refractivity contribution in [3.8, 4) is 12.3 Å². The van der Waals surface area contributed by atoms with E-state index in [9.17, 15) is 24.6 Å². The first-order valence-corrected chi connectivity index (χ1v) is 23.3. The smallest absolute Gasteiger partial charge is 0.435 e. The van der Waals surface area contributed by atoms with Gasteiger partial charge in [-0.3, -0.25) is 9.59 Å². The summed E-state index contributed by atoms with van der Waals surface area (Å²) in [5, 5.41) is 25.9. The third-order valence-corrected chi connectivity index (χ3v) is 15.3. The fourth-order valence-electron chi connectivity index (χ4n) is 11.2. The van der Waals surface area contributed by atoms with E-state index >= 15 is 0 Å². The van der Waals surface area contributed by atoms with Crippen LogP contribution in [-0.2, 0) is 42.7 Å². The normalized spacial score (nSPS) is 41.3. The van der Waals surface area contributed by atoms with Crippen LogP contribution >= 0.6 is 0 Å². The minimum absolute atomic E-state index is 0.0315. The molecule has 5 heterocycles. The number of aliphatic hydroxyl groups is 2. The van der Waals surface area contributed by atoms with Crippen LogP contribution in [-0.4, -0.2) is 107 Å². The van der Waals surface area contributed by atoms with E-state index in [0.29, 0.717) is 51.4 Å². The molecule has 5 aliphatic heterocycles. The topological polar surface area (TPSA) is 168 Å². The van der Waals surface area contributed by atoms with E-state index in [1.165, 1.54) is 0 Å². The molecular formula is C48H77NO12. The lowest BCUT2D eigenvalue weighted by molar-refractivity contribution is -0.408. The van der Waals surface area contributed by atoms with Gasteiger partial charge in [0, 0.05) is 30.1 Å². The van der Waals surface area contributed by atoms with Gasteiger partial charge in [-0.25, -0.2) is 4.79 Å². The molecule has 0 bridgehead atoms. The highest BCUT2D eigenvalue weighted by Crippen LogP contribution is 2.54. The first kappa shape index (κ1) is 49.4. The molecule has 5 rings (SSSR count). The van der Waals surface area contributed by atoms with E-state index in [2.05, 4.69) is 32.0 Å². The number of amides is 1. The van der Waals surface area contributed by atoms with Gasteiger partial charge < -0.3 is 48.7 Å². The Morgan fingerprint density at radius 2 is 1.64 bits per heavy atom. The molecule has 0 aromatic rings. The van der Waals surface area contributed by atoms with Gasteiger partial charge in [-0.1, -0.05) is 61.3 Å². The zero-order chi connectivity index (χ0) is 45.1. The molecule has 4 fully saturated rings. The third kappa shape index (κ3) is 10.1. The van der Waals surface area contributed by atoms with Gasteiger partial charge in [-0.05, 0) is 103 Å². The summed E-state index contributed by atoms with van der Waals surface area (Å²) in [4.78, 5) is 40.5. The van der Waals surface area contributed by atoms with Crippen LogP contribution in [0.2, 0.25) is 0 Å². The van der Waals surface area contributed by atoms with E-state index < -0.39 is 71.1 Å². The van der Waals surface area contributed by atoms with Crippen molar-refractivity contribution in [1.82, 2.24) is 5.32 Å². The second-order valence-corrected chi connectivity index (χ2v) is 19.3. The predicted octanol–water partition coefficient (Wildman–Crippen LogP) is 7.03. The fraction of sp³-hybridized carbons (Fsp3) is 0.854. The number of carbonyl (C=O) groups is 3. The molecule has 13 nitrogen and oxygen atoms in total. The summed E-state index contributed by atoms with van der Waals surface area (Å²) >= 11 is 0. The van der Waals surface area contributed by atoms with Crippen molar-refractivity contribution < 1.29 is 57.8 Å². The fourth-order valence-corrected chi connectivity index (χ4v) is 11.2. The number of terminal acetylenes is 1. The molecule has 5 aliphatic rings. The Labute approximate surface area is 365 Å². The maximum absolute atomic E-state index is 14.7. The predicted molar refractivity (Wildman–Crippen MR) is 229 cm³/mol. The largest absolute Gasteiger partial charge is 0.509 e. The lowest BCUT2D eigenvalue weighted by Crippen LogP contribution is -2.63. The summed E-state index contributed by atoms with van der Waals surface area (Å²) in [6.07, 6.45) is 10.1. The zero-order valence-electron chi connectivity index (χ0n) is 38.8. The molecule has 0 aliphatic carbocycles. The molecule has 1 amide bonds. The van der Waals surface area contributed by atoms with Gasteiger partial charge in [0.1, 0.15) is 5.78 Å². The minimum atomic E-state index is -1.46. The van der Waals surface area contributed by atoms with Crippen LogP contribution in [0.25, 0.3) is 0 Å². The zero-order valence-corrected chi connectivity index (χ0v) is 38.8. The van der Waals surface area contributed by atoms with Gasteiger partial charge >= 0.3 is 6.16 Å². The van der Waals surface area contributed by atoms with Gasteiger partial charge in [-0.15, -0.1) is 6.42 Å². The summed E-state index contributed by atoms with van der Waals surface area (Å²) in [6, 6.07) is 0. The van der Waals surface area contributed by atoms with Crippen LogP contribution in [0.3, 0.4) is 0 Å². The number of hydrogen-bond donors (Lipinski definition) is 3. The van der Waals surface area contributed by atoms with Crippen molar-refractivity contribution >= 4 is 17.8 Å². The number of aliphatic hydroxyl groups excluding tert-OH is 1. The van der Waals surface area contributed by atoms with Crippen molar-refractivity contribution in [2.75, 3.05) is 13.2 Å². The number of rotatable bonds is 15. The Hall–Kier alpha value is -2.57. The number of ether oxygens (including phenoxy) is 7. The highest BCUT2D eigenvalue weighted by Gasteiger charge is 2.64. The maximum Gasteiger partial charge on any atom is 0.509 e. The van der Waals surface area contributed by atoms with E-state index in [-0.39, 0.29) is 66.8 Å². The number of carbonyl (C=O) groups excluding carboxylic acids is 3. The molecule has 346 valence electrons. The van der Waals surface area contributed by atoms with Crippen molar-refractivity contribution in [2.45, 2.75) is 206 Å². The van der Waals surface area contributed by atoms with Crippen LogP contribution in [0.1, 0.15) is 140 Å². The van der Waals surface area contributed by atoms with Crippen molar-refractivity contribution in [1.29, 1.82) is 0 Å². The van der Waals surface area contributed by atoms with E-state index in [0.717, 1.165) is 12.8 Å². The molecule has 0 radical (unpaired) electrons. The first-order valence-electron chi connectivity index (χ1n) is 23.3. The SMILES string of the molecule is C#CCNC(=O)[C@H](CC)[C@H]1CC[C@H](C)[C@H]([C@@H](C)[C@H](O)[C@H](C)C(=O)[C@H](CC)[C@H]2O[C@]3(C=C[C@H](OC(=O)OCC)[C@]4(CC[C@@](C)([C@H]5CC[C@](O)(CC)[C@H](C)O5)O4)O3)[C@H](C)C[C@@H]2C)O1. The molecule has 61 heavy (non-hydrogen) atoms. The Balaban J connectivity index is 1.36. The highest BCUT2D eigenvalue weighted by molar-refractivity contribution is 5.84. The molecule has 4 saturated heterocycles. The second-order valence-electron chi connectivity index (χ2n) is 19.3. The molecule has 0 saturated carbocycles. The molecule has 18 atom stereocenters. The summed E-state index contributed by atoms with van der Waals surface area (Å²) in [5.41, 5.74) is -1.76. The van der Waals surface area contributed by atoms with Crippen LogP contribution < -0.4 is 5.32 Å². The Kier molecular flexibility index (Phi) is 16.3. The second kappa shape index (κ2) is 20.1. The van der Waals surface area contributed by atoms with Gasteiger partial charge in [0.25, 0.3) is 0 Å². The Morgan fingerprint density at radius 3 is 2.26 bits per heavy atom. The lowest BCUT2D eigenvalue weighted by Gasteiger charge is -2.54. The van der Waals surface area contributed by atoms with Crippen molar-refractivity contribution in [2.24, 2.45) is 41.4 Å². The number of ketones is 1. The molecule has 0 aromatic heterocycles. The number of hydrogen-bond acceptors (Lipinski definition) is 12.